The van der Waals surface area contributed by atoms with Gasteiger partial charge in [0.05, 0.1) is 7.11 Å². The van der Waals surface area contributed by atoms with Gasteiger partial charge >= 0.3 is 11.9 Å². The van der Waals surface area contributed by atoms with Crippen LogP contribution in [-0.4, -0.2) is 36.5 Å². The van der Waals surface area contributed by atoms with Gasteiger partial charge in [0.25, 0.3) is 5.91 Å². The third-order valence-corrected chi connectivity index (χ3v) is 3.27. The van der Waals surface area contributed by atoms with E-state index in [0.29, 0.717) is 6.42 Å². The first-order valence-electron chi connectivity index (χ1n) is 8.16. The topological polar surface area (TPSA) is 94.6 Å². The number of hydrogen-bond donors (Lipinski definition) is 1. The lowest BCUT2D eigenvalue weighted by molar-refractivity contribution is -0.155. The van der Waals surface area contributed by atoms with E-state index in [1.54, 1.807) is 19.1 Å². The van der Waals surface area contributed by atoms with Crippen LogP contribution in [0.15, 0.2) is 41.6 Å². The first-order chi connectivity index (χ1) is 12.3. The molecule has 0 fully saturated rings. The van der Waals surface area contributed by atoms with Crippen LogP contribution in [0.3, 0.4) is 0 Å². The van der Waals surface area contributed by atoms with Gasteiger partial charge in [0.1, 0.15) is 12.3 Å². The van der Waals surface area contributed by atoms with E-state index in [1.165, 1.54) is 25.0 Å². The van der Waals surface area contributed by atoms with Crippen molar-refractivity contribution in [1.29, 1.82) is 0 Å². The number of carbonyl (C=O) groups excluding carboxylic acids is 3. The molecule has 0 atom stereocenters. The maximum absolute atomic E-state index is 12.0. The minimum Gasteiger partial charge on any atom is -0.494 e. The SMILES string of the molecule is COc1cccnc1C(=O)NCC(=O)OC(=O)/C=C(\C)CCC=C(C)C. The lowest BCUT2D eigenvalue weighted by Gasteiger charge is -2.07. The molecule has 7 nitrogen and oxygen atoms in total. The van der Waals surface area contributed by atoms with Gasteiger partial charge in [-0.15, -0.1) is 0 Å². The van der Waals surface area contributed by atoms with Crippen molar-refractivity contribution in [1.82, 2.24) is 10.3 Å². The summed E-state index contributed by atoms with van der Waals surface area (Å²) >= 11 is 0. The van der Waals surface area contributed by atoms with Crippen molar-refractivity contribution in [3.63, 3.8) is 0 Å². The molecule has 0 radical (unpaired) electrons. The van der Waals surface area contributed by atoms with Crippen LogP contribution in [0.5, 0.6) is 5.75 Å². The predicted octanol–water partition coefficient (Wildman–Crippen LogP) is 2.58. The van der Waals surface area contributed by atoms with Crippen molar-refractivity contribution in [3.05, 3.63) is 47.3 Å². The third kappa shape index (κ3) is 7.74. The highest BCUT2D eigenvalue weighted by molar-refractivity contribution is 5.98. The number of pyridine rings is 1. The maximum Gasteiger partial charge on any atom is 0.338 e. The molecule has 0 saturated carbocycles. The Kier molecular flexibility index (Phi) is 8.77. The molecule has 1 aromatic heterocycles. The first-order valence-corrected chi connectivity index (χ1v) is 8.16. The van der Waals surface area contributed by atoms with Gasteiger partial charge in [-0.1, -0.05) is 17.2 Å². The van der Waals surface area contributed by atoms with Crippen molar-refractivity contribution in [2.75, 3.05) is 13.7 Å². The average Bonchev–Trinajstić information content (AvgIpc) is 2.59. The number of carbonyl (C=O) groups is 3. The summed E-state index contributed by atoms with van der Waals surface area (Å²) < 4.78 is 9.68. The fourth-order valence-corrected chi connectivity index (χ4v) is 2.00. The molecule has 1 amide bonds. The number of ether oxygens (including phenoxy) is 2. The molecule has 7 heteroatoms. The number of nitrogens with zero attached hydrogens (tertiary/aromatic N) is 1. The molecule has 1 rings (SSSR count). The Morgan fingerprint density at radius 1 is 1.23 bits per heavy atom. The number of amides is 1. The molecule has 140 valence electrons. The number of rotatable bonds is 8. The van der Waals surface area contributed by atoms with E-state index in [0.717, 1.165) is 12.0 Å². The van der Waals surface area contributed by atoms with Gasteiger partial charge in [-0.2, -0.15) is 0 Å². The van der Waals surface area contributed by atoms with Crippen molar-refractivity contribution in [3.8, 4) is 5.75 Å². The Balaban J connectivity index is 2.47. The molecule has 0 unspecified atom stereocenters. The molecule has 1 N–H and O–H groups in total. The third-order valence-electron chi connectivity index (χ3n) is 3.27. The summed E-state index contributed by atoms with van der Waals surface area (Å²) in [5.41, 5.74) is 2.06. The summed E-state index contributed by atoms with van der Waals surface area (Å²) in [6.45, 7) is 5.34. The second kappa shape index (κ2) is 10.8. The molecule has 0 aliphatic heterocycles. The number of methoxy groups -OCH3 is 1. The molecule has 1 heterocycles. The molecule has 0 saturated heterocycles. The lowest BCUT2D eigenvalue weighted by Crippen LogP contribution is -2.32. The number of hydrogen-bond acceptors (Lipinski definition) is 6. The average molecular weight is 360 g/mol. The summed E-state index contributed by atoms with van der Waals surface area (Å²) in [5.74, 6) is -1.93. The Labute approximate surface area is 153 Å². The summed E-state index contributed by atoms with van der Waals surface area (Å²) in [5, 5.41) is 2.34. The van der Waals surface area contributed by atoms with Crippen LogP contribution in [-0.2, 0) is 14.3 Å². The smallest absolute Gasteiger partial charge is 0.338 e. The van der Waals surface area contributed by atoms with E-state index in [2.05, 4.69) is 21.1 Å². The fourth-order valence-electron chi connectivity index (χ4n) is 2.00. The van der Waals surface area contributed by atoms with E-state index in [1.807, 2.05) is 13.8 Å². The summed E-state index contributed by atoms with van der Waals surface area (Å²) in [7, 11) is 1.41. The Bertz CT molecular complexity index is 718. The predicted molar refractivity (Wildman–Crippen MR) is 96.6 cm³/mol. The Morgan fingerprint density at radius 3 is 2.62 bits per heavy atom. The Morgan fingerprint density at radius 2 is 1.96 bits per heavy atom. The number of aromatic nitrogens is 1. The van der Waals surface area contributed by atoms with Gasteiger partial charge in [0.2, 0.25) is 0 Å². The second-order valence-electron chi connectivity index (χ2n) is 5.84. The molecule has 0 aliphatic rings. The molecule has 1 aromatic rings. The largest absolute Gasteiger partial charge is 0.494 e. The van der Waals surface area contributed by atoms with E-state index in [-0.39, 0.29) is 11.4 Å². The Hall–Kier alpha value is -2.96. The van der Waals surface area contributed by atoms with Crippen molar-refractivity contribution >= 4 is 17.8 Å². The molecule has 0 aliphatic carbocycles. The van der Waals surface area contributed by atoms with Crippen molar-refractivity contribution in [2.45, 2.75) is 33.6 Å². The van der Waals surface area contributed by atoms with E-state index in [4.69, 9.17) is 4.74 Å². The number of esters is 2. The fraction of sp³-hybridized carbons (Fsp3) is 0.368. The minimum absolute atomic E-state index is 0.0455. The van der Waals surface area contributed by atoms with Crippen LogP contribution in [0.25, 0.3) is 0 Å². The second-order valence-corrected chi connectivity index (χ2v) is 5.84. The summed E-state index contributed by atoms with van der Waals surface area (Å²) in [6.07, 6.45) is 6.29. The van der Waals surface area contributed by atoms with E-state index < -0.39 is 24.4 Å². The normalized spacial score (nSPS) is 10.7. The quantitative estimate of drug-likeness (QED) is 0.331. The van der Waals surface area contributed by atoms with E-state index in [9.17, 15) is 14.4 Å². The van der Waals surface area contributed by atoms with Crippen LogP contribution < -0.4 is 10.1 Å². The highest BCUT2D eigenvalue weighted by Crippen LogP contribution is 2.13. The highest BCUT2D eigenvalue weighted by Gasteiger charge is 2.16. The monoisotopic (exact) mass is 360 g/mol. The van der Waals surface area contributed by atoms with Crippen molar-refractivity contribution in [2.24, 2.45) is 0 Å². The number of allylic oxidation sites excluding steroid dienone is 3. The molecule has 0 bridgehead atoms. The number of nitrogens with one attached hydrogen (secondary N) is 1. The van der Waals surface area contributed by atoms with Gasteiger partial charge in [-0.3, -0.25) is 4.79 Å². The van der Waals surface area contributed by atoms with Gasteiger partial charge in [0, 0.05) is 12.3 Å². The highest BCUT2D eigenvalue weighted by atomic mass is 16.6. The minimum atomic E-state index is -0.855. The van der Waals surface area contributed by atoms with Crippen LogP contribution in [0.1, 0.15) is 44.1 Å². The molecular formula is C19H24N2O5. The standard InChI is InChI=1S/C19H24N2O5/c1-13(2)7-5-8-14(3)11-16(22)26-17(23)12-21-19(24)18-15(25-4)9-6-10-20-18/h6-7,9-11H,5,8,12H2,1-4H3,(H,21,24)/b14-11+. The zero-order valence-corrected chi connectivity index (χ0v) is 15.5. The van der Waals surface area contributed by atoms with Gasteiger partial charge in [-0.25, -0.2) is 14.6 Å². The van der Waals surface area contributed by atoms with E-state index >= 15 is 0 Å². The maximum atomic E-state index is 12.0. The van der Waals surface area contributed by atoms with Crippen LogP contribution in [0.2, 0.25) is 0 Å². The van der Waals surface area contributed by atoms with Gasteiger partial charge < -0.3 is 14.8 Å². The summed E-state index contributed by atoms with van der Waals surface area (Å²) in [4.78, 5) is 39.3. The first kappa shape index (κ1) is 21.1. The molecule has 0 aromatic carbocycles. The van der Waals surface area contributed by atoms with Crippen LogP contribution in [0, 0.1) is 0 Å². The van der Waals surface area contributed by atoms with Crippen LogP contribution in [0.4, 0.5) is 0 Å². The van der Waals surface area contributed by atoms with Crippen molar-refractivity contribution < 1.29 is 23.9 Å². The molecular weight excluding hydrogens is 336 g/mol. The molecule has 26 heavy (non-hydrogen) atoms. The summed E-state index contributed by atoms with van der Waals surface area (Å²) in [6, 6.07) is 3.20. The molecule has 0 spiro atoms. The van der Waals surface area contributed by atoms with Gasteiger partial charge in [0.15, 0.2) is 5.69 Å². The zero-order chi connectivity index (χ0) is 19.5. The lowest BCUT2D eigenvalue weighted by atomic mass is 10.1. The zero-order valence-electron chi connectivity index (χ0n) is 15.5. The van der Waals surface area contributed by atoms with Gasteiger partial charge in [-0.05, 0) is 45.7 Å². The van der Waals surface area contributed by atoms with Crippen LogP contribution >= 0.6 is 0 Å².